The van der Waals surface area contributed by atoms with E-state index in [0.717, 1.165) is 0 Å². The van der Waals surface area contributed by atoms with Crippen LogP contribution in [-0.2, 0) is 22.8 Å². The second-order valence-electron chi connectivity index (χ2n) is 20.0. The molecule has 1 saturated heterocycles. The summed E-state index contributed by atoms with van der Waals surface area (Å²) in [5, 5.41) is 9.79. The highest BCUT2D eigenvalue weighted by molar-refractivity contribution is 6.81. The molecule has 7 nitrogen and oxygen atoms in total. The first-order valence-electron chi connectivity index (χ1n) is 18.7. The Morgan fingerprint density at radius 1 is 0.760 bits per heavy atom. The van der Waals surface area contributed by atoms with Gasteiger partial charge in [0.2, 0.25) is 0 Å². The molecule has 50 heavy (non-hydrogen) atoms. The maximum Gasteiger partial charge on any atom is 0.338 e. The number of aliphatic hydroxyl groups is 1. The summed E-state index contributed by atoms with van der Waals surface area (Å²) in [6, 6.07) is 9.12. The molecule has 0 unspecified atom stereocenters. The molecule has 2 rings (SSSR count). The topological polar surface area (TPSA) is 83.5 Å². The summed E-state index contributed by atoms with van der Waals surface area (Å²) < 4.78 is 36.0. The van der Waals surface area contributed by atoms with Gasteiger partial charge in [-0.3, -0.25) is 0 Å². The molecule has 1 aromatic carbocycles. The first-order valence-corrected chi connectivity index (χ1v) is 31.0. The number of ether oxygens (including phenoxy) is 2. The largest absolute Gasteiger partial charge is 0.453 e. The zero-order chi connectivity index (χ0) is 38.7. The van der Waals surface area contributed by atoms with E-state index in [1.165, 1.54) is 0 Å². The summed E-state index contributed by atoms with van der Waals surface area (Å²) in [6.45, 7) is 40.8. The molecule has 6 atom stereocenters. The van der Waals surface area contributed by atoms with Gasteiger partial charge in [-0.1, -0.05) is 112 Å². The molecule has 0 aromatic heterocycles. The van der Waals surface area contributed by atoms with Crippen molar-refractivity contribution in [1.82, 2.24) is 0 Å². The lowest BCUT2D eigenvalue weighted by molar-refractivity contribution is -0.230. The zero-order valence-corrected chi connectivity index (χ0v) is 39.0. The monoisotopic (exact) mass is 766 g/mol. The first-order chi connectivity index (χ1) is 22.4. The van der Waals surface area contributed by atoms with Crippen LogP contribution in [-0.4, -0.2) is 87.3 Å². The van der Waals surface area contributed by atoms with E-state index in [9.17, 15) is 9.90 Å². The van der Waals surface area contributed by atoms with Crippen LogP contribution in [0.3, 0.4) is 0 Å². The number of hydrogen-bond donors (Lipinski definition) is 1. The van der Waals surface area contributed by atoms with Gasteiger partial charge < -0.3 is 27.9 Å². The van der Waals surface area contributed by atoms with Crippen LogP contribution < -0.4 is 0 Å². The Bertz CT molecular complexity index is 1250. The summed E-state index contributed by atoms with van der Waals surface area (Å²) in [6.07, 6.45) is -0.215. The van der Waals surface area contributed by atoms with Crippen LogP contribution in [0.5, 0.6) is 0 Å². The highest BCUT2D eigenvalue weighted by Crippen LogP contribution is 2.46. The standard InChI is InChI=1S/C39H74O7Si4/c1-37(2,3)48(13,14)44-31(26-28-47(10,11)12)33-35(46-50(17,18)39(7,8)9)34(45-49(15,16)38(4,5)6)32(30(42-33)25-22-27-40)43-36(41)29-23-20-19-21-24-29/h19-21,23-24,26,28,30-35,40H,22,25,27H2,1-18H3/b28-26+/t30-,31-,32-,33-,34-,35+/m0/s1. The van der Waals surface area contributed by atoms with Crippen LogP contribution >= 0.6 is 0 Å². The molecule has 1 aromatic rings. The summed E-state index contributed by atoms with van der Waals surface area (Å²) in [5.74, 6) is -0.422. The fourth-order valence-corrected chi connectivity index (χ4v) is 9.68. The number of hydrogen-bond acceptors (Lipinski definition) is 7. The predicted octanol–water partition coefficient (Wildman–Crippen LogP) is 10.4. The van der Waals surface area contributed by atoms with Crippen molar-refractivity contribution in [2.75, 3.05) is 6.61 Å². The van der Waals surface area contributed by atoms with Gasteiger partial charge in [-0.05, 0) is 79.4 Å². The average molecular weight is 767 g/mol. The van der Waals surface area contributed by atoms with E-state index in [-0.39, 0.29) is 21.7 Å². The average Bonchev–Trinajstić information content (AvgIpc) is 2.94. The Kier molecular flexibility index (Phi) is 15.1. The molecule has 1 aliphatic rings. The number of rotatable bonds is 14. The van der Waals surface area contributed by atoms with E-state index in [0.29, 0.717) is 18.4 Å². The molecular weight excluding hydrogens is 693 g/mol. The first kappa shape index (κ1) is 45.3. The van der Waals surface area contributed by atoms with E-state index in [1.807, 2.05) is 18.2 Å². The molecule has 1 fully saturated rings. The molecule has 0 aliphatic carbocycles. The Labute approximate surface area is 310 Å². The summed E-state index contributed by atoms with van der Waals surface area (Å²) in [5.41, 5.74) is 2.83. The Balaban J connectivity index is 2.98. The second-order valence-corrected chi connectivity index (χ2v) is 39.3. The fraction of sp³-hybridized carbons (Fsp3) is 0.769. The van der Waals surface area contributed by atoms with Gasteiger partial charge in [-0.15, -0.1) is 0 Å². The van der Waals surface area contributed by atoms with E-state index in [2.05, 4.69) is 133 Å². The molecule has 1 aliphatic heterocycles. The summed E-state index contributed by atoms with van der Waals surface area (Å²) in [7, 11) is -8.92. The Morgan fingerprint density at radius 3 is 1.68 bits per heavy atom. The van der Waals surface area contributed by atoms with Gasteiger partial charge in [0.05, 0.1) is 25.8 Å². The van der Waals surface area contributed by atoms with Crippen LogP contribution in [0.1, 0.15) is 85.5 Å². The van der Waals surface area contributed by atoms with Crippen LogP contribution in [0.15, 0.2) is 42.1 Å². The van der Waals surface area contributed by atoms with Crippen molar-refractivity contribution in [3.63, 3.8) is 0 Å². The SMILES string of the molecule is CC(C)(C)[Si](C)(C)O[C@@H]1[C@H](O[Si](C)(C)C(C)(C)C)[C@H]([C@H](/C=C/[Si](C)(C)C)O[Si](C)(C)C(C)(C)C)O[C@@H](CCCO)[C@@H]1OC(=O)c1ccccc1. The molecule has 0 saturated carbocycles. The maximum absolute atomic E-state index is 13.9. The van der Waals surface area contributed by atoms with Gasteiger partial charge >= 0.3 is 5.97 Å². The lowest BCUT2D eigenvalue weighted by Crippen LogP contribution is -2.68. The maximum atomic E-state index is 13.9. The fourth-order valence-electron chi connectivity index (χ4n) is 5.06. The lowest BCUT2D eigenvalue weighted by Gasteiger charge is -2.54. The minimum absolute atomic E-state index is 0.000950. The number of carbonyl (C=O) groups excluding carboxylic acids is 1. The molecule has 1 heterocycles. The molecular formula is C39H74O7Si4. The van der Waals surface area contributed by atoms with Gasteiger partial charge in [-0.2, -0.15) is 0 Å². The molecule has 11 heteroatoms. The lowest BCUT2D eigenvalue weighted by atomic mass is 9.90. The molecule has 0 radical (unpaired) electrons. The zero-order valence-electron chi connectivity index (χ0n) is 35.0. The second kappa shape index (κ2) is 16.6. The molecule has 288 valence electrons. The predicted molar refractivity (Wildman–Crippen MR) is 219 cm³/mol. The highest BCUT2D eigenvalue weighted by atomic mass is 28.4. The number of aliphatic hydroxyl groups excluding tert-OH is 1. The van der Waals surface area contributed by atoms with Gasteiger partial charge in [0, 0.05) is 6.61 Å². The third kappa shape index (κ3) is 12.1. The summed E-state index contributed by atoms with van der Waals surface area (Å²) in [4.78, 5) is 13.9. The molecule has 0 amide bonds. The number of carbonyl (C=O) groups is 1. The van der Waals surface area contributed by atoms with Gasteiger partial charge in [0.25, 0.3) is 0 Å². The van der Waals surface area contributed by atoms with Gasteiger partial charge in [0.15, 0.2) is 31.1 Å². The van der Waals surface area contributed by atoms with Crippen LogP contribution in [0.25, 0.3) is 0 Å². The van der Waals surface area contributed by atoms with Crippen molar-refractivity contribution in [1.29, 1.82) is 0 Å². The van der Waals surface area contributed by atoms with Gasteiger partial charge in [-0.25, -0.2) is 4.79 Å². The third-order valence-electron chi connectivity index (χ3n) is 11.4. The Morgan fingerprint density at radius 2 is 1.24 bits per heavy atom. The number of benzene rings is 1. The third-order valence-corrected chi connectivity index (χ3v) is 26.0. The van der Waals surface area contributed by atoms with E-state index >= 15 is 0 Å². The minimum Gasteiger partial charge on any atom is -0.453 e. The number of esters is 1. The molecule has 1 N–H and O–H groups in total. The van der Waals surface area contributed by atoms with Crippen molar-refractivity contribution in [3.8, 4) is 0 Å². The van der Waals surface area contributed by atoms with Crippen molar-refractivity contribution in [3.05, 3.63) is 47.7 Å². The smallest absolute Gasteiger partial charge is 0.338 e. The van der Waals surface area contributed by atoms with Crippen molar-refractivity contribution in [2.24, 2.45) is 0 Å². The minimum atomic E-state index is -2.48. The van der Waals surface area contributed by atoms with Crippen molar-refractivity contribution >= 4 is 39.0 Å². The van der Waals surface area contributed by atoms with Crippen molar-refractivity contribution in [2.45, 2.75) is 186 Å². The van der Waals surface area contributed by atoms with Crippen LogP contribution in [0.4, 0.5) is 0 Å². The van der Waals surface area contributed by atoms with Gasteiger partial charge in [0.1, 0.15) is 18.3 Å². The van der Waals surface area contributed by atoms with Crippen LogP contribution in [0.2, 0.25) is 74.0 Å². The van der Waals surface area contributed by atoms with E-state index < -0.39 is 75.6 Å². The van der Waals surface area contributed by atoms with Crippen LogP contribution in [0, 0.1) is 0 Å². The molecule has 0 spiro atoms. The normalized spacial score (nSPS) is 24.0. The van der Waals surface area contributed by atoms with E-state index in [4.69, 9.17) is 22.8 Å². The molecule has 0 bridgehead atoms. The highest BCUT2D eigenvalue weighted by Gasteiger charge is 2.57. The quantitative estimate of drug-likeness (QED) is 0.149. The van der Waals surface area contributed by atoms with Crippen molar-refractivity contribution < 1.29 is 32.7 Å². The summed E-state index contributed by atoms with van der Waals surface area (Å²) >= 11 is 0. The Hall–Kier alpha value is -0.902. The van der Waals surface area contributed by atoms with E-state index in [1.54, 1.807) is 12.1 Å².